The Bertz CT molecular complexity index is 768. The summed E-state index contributed by atoms with van der Waals surface area (Å²) >= 11 is 0. The van der Waals surface area contributed by atoms with Gasteiger partial charge in [-0.25, -0.2) is 4.79 Å². The van der Waals surface area contributed by atoms with E-state index in [1.807, 2.05) is 11.8 Å². The van der Waals surface area contributed by atoms with Crippen LogP contribution in [-0.2, 0) is 6.42 Å². The summed E-state index contributed by atoms with van der Waals surface area (Å²) in [6.07, 6.45) is 3.20. The van der Waals surface area contributed by atoms with E-state index in [9.17, 15) is 4.79 Å². The van der Waals surface area contributed by atoms with Gasteiger partial charge in [0.05, 0.1) is 6.04 Å². The van der Waals surface area contributed by atoms with Crippen LogP contribution in [0.2, 0.25) is 0 Å². The average Bonchev–Trinajstić information content (AvgIpc) is 2.74. The van der Waals surface area contributed by atoms with Crippen LogP contribution in [-0.4, -0.2) is 48.1 Å². The summed E-state index contributed by atoms with van der Waals surface area (Å²) in [5.41, 5.74) is 4.29. The zero-order valence-electron chi connectivity index (χ0n) is 16.1. The van der Waals surface area contributed by atoms with E-state index < -0.39 is 0 Å². The van der Waals surface area contributed by atoms with Gasteiger partial charge in [0.15, 0.2) is 0 Å². The number of nitrogens with zero attached hydrogens (tertiary/aromatic N) is 2. The second kappa shape index (κ2) is 8.13. The fraction of sp³-hybridized carbons (Fsp3) is 0.435. The van der Waals surface area contributed by atoms with Gasteiger partial charge in [-0.1, -0.05) is 54.6 Å². The summed E-state index contributed by atoms with van der Waals surface area (Å²) in [5, 5.41) is 2.93. The normalized spacial score (nSPS) is 20.9. The maximum absolute atomic E-state index is 12.1. The number of hydrogen-bond donors (Lipinski definition) is 1. The quantitative estimate of drug-likeness (QED) is 0.900. The van der Waals surface area contributed by atoms with Crippen molar-refractivity contribution in [3.05, 3.63) is 71.3 Å². The molecule has 142 valence electrons. The number of benzene rings is 2. The lowest BCUT2D eigenvalue weighted by Crippen LogP contribution is -2.51. The topological polar surface area (TPSA) is 35.6 Å². The number of carbonyl (C=O) groups excluding carboxylic acids is 1. The SMILES string of the molecule is CCNC(=O)N1CCC(N2CCc3ccccc3C2c2ccccc2)CC1. The summed E-state index contributed by atoms with van der Waals surface area (Å²) in [6, 6.07) is 20.7. The molecule has 4 nitrogen and oxygen atoms in total. The van der Waals surface area contributed by atoms with Crippen LogP contribution in [0.25, 0.3) is 0 Å². The molecule has 1 saturated heterocycles. The first kappa shape index (κ1) is 18.1. The zero-order chi connectivity index (χ0) is 18.6. The number of likely N-dealkylation sites (tertiary alicyclic amines) is 1. The molecule has 2 aliphatic heterocycles. The highest BCUT2D eigenvalue weighted by molar-refractivity contribution is 5.74. The molecule has 27 heavy (non-hydrogen) atoms. The Balaban J connectivity index is 1.56. The summed E-state index contributed by atoms with van der Waals surface area (Å²) in [4.78, 5) is 16.8. The fourth-order valence-corrected chi connectivity index (χ4v) is 4.65. The number of urea groups is 1. The second-order valence-corrected chi connectivity index (χ2v) is 7.55. The third kappa shape index (κ3) is 3.72. The van der Waals surface area contributed by atoms with E-state index in [-0.39, 0.29) is 6.03 Å². The van der Waals surface area contributed by atoms with Crippen molar-refractivity contribution >= 4 is 6.03 Å². The van der Waals surface area contributed by atoms with Gasteiger partial charge in [0.1, 0.15) is 0 Å². The maximum atomic E-state index is 12.1. The lowest BCUT2D eigenvalue weighted by Gasteiger charge is -2.45. The first-order valence-corrected chi connectivity index (χ1v) is 10.2. The highest BCUT2D eigenvalue weighted by Gasteiger charge is 2.35. The van der Waals surface area contributed by atoms with E-state index in [4.69, 9.17) is 0 Å². The van der Waals surface area contributed by atoms with Crippen LogP contribution < -0.4 is 5.32 Å². The van der Waals surface area contributed by atoms with Gasteiger partial charge in [-0.2, -0.15) is 0 Å². The molecule has 2 heterocycles. The van der Waals surface area contributed by atoms with Gasteiger partial charge < -0.3 is 10.2 Å². The van der Waals surface area contributed by atoms with Crippen LogP contribution in [0, 0.1) is 0 Å². The number of carbonyl (C=O) groups is 1. The van der Waals surface area contributed by atoms with Crippen LogP contribution in [0.1, 0.15) is 42.5 Å². The van der Waals surface area contributed by atoms with E-state index in [1.165, 1.54) is 16.7 Å². The van der Waals surface area contributed by atoms with Gasteiger partial charge in [-0.15, -0.1) is 0 Å². The molecule has 0 aromatic heterocycles. The van der Waals surface area contributed by atoms with Crippen molar-refractivity contribution in [2.24, 2.45) is 0 Å². The molecule has 1 atom stereocenters. The Kier molecular flexibility index (Phi) is 5.44. The van der Waals surface area contributed by atoms with Crippen molar-refractivity contribution < 1.29 is 4.79 Å². The smallest absolute Gasteiger partial charge is 0.317 e. The van der Waals surface area contributed by atoms with Crippen molar-refractivity contribution in [3.8, 4) is 0 Å². The lowest BCUT2D eigenvalue weighted by atomic mass is 9.86. The van der Waals surface area contributed by atoms with Gasteiger partial charge in [0.2, 0.25) is 0 Å². The molecule has 1 unspecified atom stereocenters. The van der Waals surface area contributed by atoms with Crippen LogP contribution in [0.5, 0.6) is 0 Å². The first-order valence-electron chi connectivity index (χ1n) is 10.2. The minimum Gasteiger partial charge on any atom is -0.338 e. The molecule has 4 heteroatoms. The van der Waals surface area contributed by atoms with E-state index in [0.717, 1.165) is 38.9 Å². The number of hydrogen-bond acceptors (Lipinski definition) is 2. The van der Waals surface area contributed by atoms with Gasteiger partial charge in [-0.3, -0.25) is 4.90 Å². The number of nitrogens with one attached hydrogen (secondary N) is 1. The van der Waals surface area contributed by atoms with Gasteiger partial charge in [0.25, 0.3) is 0 Å². The highest BCUT2D eigenvalue weighted by Crippen LogP contribution is 2.38. The average molecular weight is 364 g/mol. The molecule has 0 aliphatic carbocycles. The molecule has 0 bridgehead atoms. The predicted molar refractivity (Wildman–Crippen MR) is 109 cm³/mol. The molecule has 1 fully saturated rings. The van der Waals surface area contributed by atoms with E-state index in [1.54, 1.807) is 0 Å². The number of amides is 2. The molecule has 0 radical (unpaired) electrons. The first-order chi connectivity index (χ1) is 13.3. The van der Waals surface area contributed by atoms with Crippen molar-refractivity contribution in [3.63, 3.8) is 0 Å². The standard InChI is InChI=1S/C23H29N3O/c1-2-24-23(27)25-15-13-20(14-16-25)26-17-12-18-8-6-7-11-21(18)22(26)19-9-4-3-5-10-19/h3-11,20,22H,2,12-17H2,1H3,(H,24,27). The van der Waals surface area contributed by atoms with Gasteiger partial charge in [0, 0.05) is 32.2 Å². The molecule has 0 spiro atoms. The Morgan fingerprint density at radius 2 is 1.70 bits per heavy atom. The Morgan fingerprint density at radius 1 is 1.00 bits per heavy atom. The Morgan fingerprint density at radius 3 is 2.44 bits per heavy atom. The van der Waals surface area contributed by atoms with E-state index in [0.29, 0.717) is 18.6 Å². The largest absolute Gasteiger partial charge is 0.338 e. The van der Waals surface area contributed by atoms with Crippen molar-refractivity contribution in [1.82, 2.24) is 15.1 Å². The zero-order valence-corrected chi connectivity index (χ0v) is 16.1. The summed E-state index contributed by atoms with van der Waals surface area (Å²) in [5.74, 6) is 0. The third-order valence-electron chi connectivity index (χ3n) is 5.98. The molecule has 2 aliphatic rings. The molecule has 2 aromatic rings. The Labute approximate surface area is 162 Å². The lowest BCUT2D eigenvalue weighted by molar-refractivity contribution is 0.0891. The van der Waals surface area contributed by atoms with Gasteiger partial charge >= 0.3 is 6.03 Å². The van der Waals surface area contributed by atoms with Crippen molar-refractivity contribution in [1.29, 1.82) is 0 Å². The predicted octanol–water partition coefficient (Wildman–Crippen LogP) is 3.83. The summed E-state index contributed by atoms with van der Waals surface area (Å²) in [7, 11) is 0. The van der Waals surface area contributed by atoms with E-state index >= 15 is 0 Å². The second-order valence-electron chi connectivity index (χ2n) is 7.55. The van der Waals surface area contributed by atoms with Gasteiger partial charge in [-0.05, 0) is 42.9 Å². The Hall–Kier alpha value is -2.33. The molecule has 2 aromatic carbocycles. The molecular weight excluding hydrogens is 334 g/mol. The monoisotopic (exact) mass is 363 g/mol. The number of fused-ring (bicyclic) bond motifs is 1. The minimum atomic E-state index is 0.0829. The number of piperidine rings is 1. The van der Waals surface area contributed by atoms with Crippen LogP contribution in [0.3, 0.4) is 0 Å². The summed E-state index contributed by atoms with van der Waals surface area (Å²) in [6.45, 7) is 5.44. The molecule has 1 N–H and O–H groups in total. The molecule has 0 saturated carbocycles. The van der Waals surface area contributed by atoms with Crippen LogP contribution >= 0.6 is 0 Å². The number of rotatable bonds is 3. The molecular formula is C23H29N3O. The van der Waals surface area contributed by atoms with Crippen LogP contribution in [0.4, 0.5) is 4.79 Å². The molecule has 2 amide bonds. The van der Waals surface area contributed by atoms with E-state index in [2.05, 4.69) is 64.8 Å². The third-order valence-corrected chi connectivity index (χ3v) is 5.98. The fourth-order valence-electron chi connectivity index (χ4n) is 4.65. The maximum Gasteiger partial charge on any atom is 0.317 e. The highest BCUT2D eigenvalue weighted by atomic mass is 16.2. The minimum absolute atomic E-state index is 0.0829. The molecule has 4 rings (SSSR count). The van der Waals surface area contributed by atoms with Crippen molar-refractivity contribution in [2.45, 2.75) is 38.3 Å². The summed E-state index contributed by atoms with van der Waals surface area (Å²) < 4.78 is 0. The van der Waals surface area contributed by atoms with Crippen LogP contribution in [0.15, 0.2) is 54.6 Å². The van der Waals surface area contributed by atoms with Crippen molar-refractivity contribution in [2.75, 3.05) is 26.2 Å².